The van der Waals surface area contributed by atoms with E-state index in [4.69, 9.17) is 14.2 Å². The van der Waals surface area contributed by atoms with Crippen molar-refractivity contribution in [3.05, 3.63) is 36.5 Å². The summed E-state index contributed by atoms with van der Waals surface area (Å²) in [6, 6.07) is 5.55. The Morgan fingerprint density at radius 2 is 1.77 bits per heavy atom. The van der Waals surface area contributed by atoms with Crippen LogP contribution in [0.1, 0.15) is 5.69 Å². The third-order valence-electron chi connectivity index (χ3n) is 3.72. The quantitative estimate of drug-likeness (QED) is 0.465. The van der Waals surface area contributed by atoms with Crippen LogP contribution in [0, 0.1) is 6.92 Å². The Labute approximate surface area is 156 Å². The topological polar surface area (TPSA) is 70.8 Å². The Kier molecular flexibility index (Phi) is 5.32. The number of nitrogens with zero attached hydrogens (tertiary/aromatic N) is 4. The number of methoxy groups -OCH3 is 3. The third kappa shape index (κ3) is 3.32. The number of hydrogen-bond donors (Lipinski definition) is 0. The summed E-state index contributed by atoms with van der Waals surface area (Å²) in [5.74, 6) is 3.12. The zero-order valence-electron chi connectivity index (χ0n) is 15.1. The van der Waals surface area contributed by atoms with E-state index in [9.17, 15) is 0 Å². The van der Waals surface area contributed by atoms with Gasteiger partial charge in [0.25, 0.3) is 5.78 Å². The number of benzene rings is 1. The first kappa shape index (κ1) is 18.1. The van der Waals surface area contributed by atoms with Crippen molar-refractivity contribution in [1.29, 1.82) is 0 Å². The number of fused-ring (bicyclic) bond motifs is 1. The van der Waals surface area contributed by atoms with Crippen LogP contribution in [0.25, 0.3) is 17.0 Å². The molecule has 3 rings (SSSR count). The number of aryl methyl sites for hydroxylation is 1. The molecule has 8 heteroatoms. The molecule has 0 aliphatic heterocycles. The number of aromatic nitrogens is 4. The lowest BCUT2D eigenvalue weighted by Crippen LogP contribution is -2.02. The first-order chi connectivity index (χ1) is 12.6. The van der Waals surface area contributed by atoms with Gasteiger partial charge >= 0.3 is 0 Å². The van der Waals surface area contributed by atoms with Gasteiger partial charge in [0.05, 0.1) is 32.6 Å². The Morgan fingerprint density at radius 3 is 2.35 bits per heavy atom. The molecule has 0 N–H and O–H groups in total. The maximum atomic E-state index is 5.58. The van der Waals surface area contributed by atoms with E-state index in [-0.39, 0.29) is 0 Å². The van der Waals surface area contributed by atoms with Gasteiger partial charge in [-0.2, -0.15) is 9.50 Å². The summed E-state index contributed by atoms with van der Waals surface area (Å²) in [7, 11) is 4.81. The molecular weight excluding hydrogens is 352 g/mol. The van der Waals surface area contributed by atoms with Gasteiger partial charge in [-0.15, -0.1) is 11.7 Å². The van der Waals surface area contributed by atoms with E-state index >= 15 is 0 Å². The van der Waals surface area contributed by atoms with Crippen molar-refractivity contribution >= 4 is 17.5 Å². The molecule has 0 atom stereocenters. The van der Waals surface area contributed by atoms with Crippen molar-refractivity contribution in [1.82, 2.24) is 19.6 Å². The van der Waals surface area contributed by atoms with Crippen LogP contribution in [0.15, 0.2) is 36.0 Å². The molecule has 0 aliphatic carbocycles. The molecule has 0 saturated carbocycles. The largest absolute Gasteiger partial charge is 0.496 e. The molecule has 0 amide bonds. The normalized spacial score (nSPS) is 10.8. The van der Waals surface area contributed by atoms with E-state index in [0.717, 1.165) is 22.7 Å². The number of ether oxygens (including phenoxy) is 3. The van der Waals surface area contributed by atoms with Gasteiger partial charge in [-0.05, 0) is 13.0 Å². The predicted octanol–water partition coefficient (Wildman–Crippen LogP) is 3.40. The molecule has 0 aliphatic rings. The molecule has 0 unspecified atom stereocenters. The van der Waals surface area contributed by atoms with Gasteiger partial charge < -0.3 is 14.2 Å². The Bertz CT molecular complexity index is 930. The Balaban J connectivity index is 2.27. The monoisotopic (exact) mass is 372 g/mol. The van der Waals surface area contributed by atoms with Crippen molar-refractivity contribution in [2.75, 3.05) is 27.1 Å². The van der Waals surface area contributed by atoms with E-state index in [1.807, 2.05) is 31.2 Å². The minimum Gasteiger partial charge on any atom is -0.496 e. The first-order valence-electron chi connectivity index (χ1n) is 7.89. The van der Waals surface area contributed by atoms with Crippen molar-refractivity contribution in [2.45, 2.75) is 12.1 Å². The van der Waals surface area contributed by atoms with Crippen LogP contribution >= 0.6 is 11.8 Å². The van der Waals surface area contributed by atoms with Crippen LogP contribution in [0.5, 0.6) is 17.2 Å². The summed E-state index contributed by atoms with van der Waals surface area (Å²) in [5.41, 5.74) is 2.36. The molecular formula is C18H20N4O3S. The summed E-state index contributed by atoms with van der Waals surface area (Å²) in [4.78, 5) is 8.97. The van der Waals surface area contributed by atoms with Crippen molar-refractivity contribution in [3.8, 4) is 28.5 Å². The molecule has 0 spiro atoms. The highest BCUT2D eigenvalue weighted by Gasteiger charge is 2.20. The van der Waals surface area contributed by atoms with Gasteiger partial charge in [-0.1, -0.05) is 17.8 Å². The van der Waals surface area contributed by atoms with Crippen LogP contribution < -0.4 is 14.2 Å². The van der Waals surface area contributed by atoms with Crippen LogP contribution in [-0.2, 0) is 0 Å². The van der Waals surface area contributed by atoms with Gasteiger partial charge in [0.15, 0.2) is 0 Å². The second-order valence-electron chi connectivity index (χ2n) is 5.40. The van der Waals surface area contributed by atoms with E-state index in [1.165, 1.54) is 11.8 Å². The lowest BCUT2D eigenvalue weighted by atomic mass is 10.1. The Hall–Kier alpha value is -2.74. The smallest absolute Gasteiger partial charge is 0.253 e. The van der Waals surface area contributed by atoms with Crippen LogP contribution in [0.2, 0.25) is 0 Å². The fraction of sp³-hybridized carbons (Fsp3) is 0.278. The summed E-state index contributed by atoms with van der Waals surface area (Å²) in [6.45, 7) is 5.64. The van der Waals surface area contributed by atoms with Gasteiger partial charge in [0.2, 0.25) is 5.16 Å². The zero-order chi connectivity index (χ0) is 18.7. The highest BCUT2D eigenvalue weighted by Crippen LogP contribution is 2.41. The van der Waals surface area contributed by atoms with E-state index in [0.29, 0.717) is 28.2 Å². The molecule has 0 bridgehead atoms. The maximum absolute atomic E-state index is 5.58. The highest BCUT2D eigenvalue weighted by molar-refractivity contribution is 7.99. The molecule has 0 saturated heterocycles. The summed E-state index contributed by atoms with van der Waals surface area (Å²) >= 11 is 1.50. The lowest BCUT2D eigenvalue weighted by molar-refractivity contribution is 0.377. The number of thioether (sulfide) groups is 1. The number of rotatable bonds is 7. The van der Waals surface area contributed by atoms with Gasteiger partial charge in [-0.3, -0.25) is 0 Å². The molecule has 0 fully saturated rings. The maximum Gasteiger partial charge on any atom is 0.253 e. The van der Waals surface area contributed by atoms with E-state index in [1.54, 1.807) is 25.8 Å². The van der Waals surface area contributed by atoms with E-state index in [2.05, 4.69) is 21.6 Å². The standard InChI is InChI=1S/C18H20N4O3S/c1-6-7-26-18-20-17-19-11(2)8-13(22(17)21-18)16-14(24-4)9-12(23-3)10-15(16)25-5/h6,8-10H,1,7H2,2-5H3. The first-order valence-corrected chi connectivity index (χ1v) is 8.88. The summed E-state index contributed by atoms with van der Waals surface area (Å²) in [5, 5.41) is 5.21. The second kappa shape index (κ2) is 7.65. The molecule has 1 aromatic carbocycles. The SMILES string of the molecule is C=CCSc1nc2nc(C)cc(-c3c(OC)cc(OC)cc3OC)n2n1. The fourth-order valence-electron chi connectivity index (χ4n) is 2.60. The lowest BCUT2D eigenvalue weighted by Gasteiger charge is -2.16. The molecule has 3 aromatic rings. The molecule has 136 valence electrons. The van der Waals surface area contributed by atoms with Crippen molar-refractivity contribution in [2.24, 2.45) is 0 Å². The predicted molar refractivity (Wildman–Crippen MR) is 102 cm³/mol. The third-order valence-corrected chi connectivity index (χ3v) is 4.56. The zero-order valence-corrected chi connectivity index (χ0v) is 16.0. The Morgan fingerprint density at radius 1 is 1.08 bits per heavy atom. The van der Waals surface area contributed by atoms with Crippen molar-refractivity contribution < 1.29 is 14.2 Å². The summed E-state index contributed by atoms with van der Waals surface area (Å²) in [6.07, 6.45) is 1.81. The van der Waals surface area contributed by atoms with Crippen molar-refractivity contribution in [3.63, 3.8) is 0 Å². The molecule has 2 aromatic heterocycles. The molecule has 2 heterocycles. The van der Waals surface area contributed by atoms with Gasteiger partial charge in [0.1, 0.15) is 17.2 Å². The van der Waals surface area contributed by atoms with Gasteiger partial charge in [0, 0.05) is 23.6 Å². The minimum absolute atomic E-state index is 0.520. The molecule has 7 nitrogen and oxygen atoms in total. The summed E-state index contributed by atoms with van der Waals surface area (Å²) < 4.78 is 18.2. The van der Waals surface area contributed by atoms with Crippen LogP contribution in [0.4, 0.5) is 0 Å². The fourth-order valence-corrected chi connectivity index (χ4v) is 3.15. The second-order valence-corrected chi connectivity index (χ2v) is 6.38. The van der Waals surface area contributed by atoms with Gasteiger partial charge in [-0.25, -0.2) is 4.98 Å². The number of hydrogen-bond acceptors (Lipinski definition) is 7. The average Bonchev–Trinajstić information content (AvgIpc) is 3.07. The van der Waals surface area contributed by atoms with E-state index < -0.39 is 0 Å². The average molecular weight is 372 g/mol. The van der Waals surface area contributed by atoms with Crippen LogP contribution in [-0.4, -0.2) is 46.7 Å². The molecule has 0 radical (unpaired) electrons. The highest BCUT2D eigenvalue weighted by atomic mass is 32.2. The van der Waals surface area contributed by atoms with Crippen LogP contribution in [0.3, 0.4) is 0 Å². The minimum atomic E-state index is 0.520. The molecule has 26 heavy (non-hydrogen) atoms.